The maximum absolute atomic E-state index is 10.8. The van der Waals surface area contributed by atoms with E-state index < -0.39 is 73.2 Å². The van der Waals surface area contributed by atoms with E-state index in [-0.39, 0.29) is 42.3 Å². The summed E-state index contributed by atoms with van der Waals surface area (Å²) in [5.74, 6) is 4.37. The van der Waals surface area contributed by atoms with Gasteiger partial charge in [-0.3, -0.25) is 0 Å². The van der Waals surface area contributed by atoms with E-state index in [0.717, 1.165) is 157 Å². The third kappa shape index (κ3) is 15.0. The number of pyridine rings is 4. The summed E-state index contributed by atoms with van der Waals surface area (Å²) in [5, 5.41) is 93.6. The molecular formula is C90H104N12O14. The van der Waals surface area contributed by atoms with E-state index >= 15 is 0 Å². The molecule has 4 aromatic carbocycles. The van der Waals surface area contributed by atoms with Crippen LogP contribution in [0.25, 0.3) is 44.1 Å². The van der Waals surface area contributed by atoms with Crippen molar-refractivity contribution in [3.63, 3.8) is 0 Å². The zero-order valence-electron chi connectivity index (χ0n) is 65.6. The van der Waals surface area contributed by atoms with Crippen molar-refractivity contribution in [1.82, 2.24) is 43.5 Å². The van der Waals surface area contributed by atoms with E-state index in [9.17, 15) is 40.9 Å². The first-order valence-corrected chi connectivity index (χ1v) is 40.7. The number of nitrogens with one attached hydrogen (secondary N) is 1. The zero-order chi connectivity index (χ0) is 80.3. The lowest BCUT2D eigenvalue weighted by Gasteiger charge is -2.27. The molecule has 15 N–H and O–H groups in total. The Morgan fingerprint density at radius 2 is 0.733 bits per heavy atom. The minimum Gasteiger partial charge on any atom is -0.492 e. The number of ether oxygens (including phenoxy) is 6. The van der Waals surface area contributed by atoms with E-state index in [4.69, 9.17) is 45.6 Å². The Bertz CT molecular complexity index is 5230. The van der Waals surface area contributed by atoms with Crippen LogP contribution in [-0.4, -0.2) is 178 Å². The van der Waals surface area contributed by atoms with Crippen molar-refractivity contribution in [2.45, 2.75) is 220 Å². The van der Waals surface area contributed by atoms with Crippen molar-refractivity contribution in [3.05, 3.63) is 227 Å². The molecule has 0 saturated heterocycles. The number of aromatic nitrogens is 8. The summed E-state index contributed by atoms with van der Waals surface area (Å²) in [7, 11) is 0. The van der Waals surface area contributed by atoms with Crippen LogP contribution in [-0.2, 0) is 25.8 Å². The van der Waals surface area contributed by atoms with Crippen molar-refractivity contribution < 1.29 is 69.3 Å². The second-order valence-corrected chi connectivity index (χ2v) is 32.5. The monoisotopic (exact) mass is 1580 g/mol. The number of hydrogen-bond donors (Lipinski definition) is 12. The molecule has 0 amide bonds. The molecule has 608 valence electrons. The molecule has 26 nitrogen and oxygen atoms in total. The average Bonchev–Trinajstić information content (AvgIpc) is 1.63. The maximum atomic E-state index is 10.8. The molecule has 12 aromatic rings. The molecule has 0 radical (unpaired) electrons. The Kier molecular flexibility index (Phi) is 22.4. The molecule has 4 fully saturated rings. The second kappa shape index (κ2) is 33.2. The number of aliphatic hydroxyl groups is 8. The number of aryl methyl sites for hydroxylation is 6. The summed E-state index contributed by atoms with van der Waals surface area (Å²) in [6, 6.07) is 37.8. The van der Waals surface area contributed by atoms with Crippen LogP contribution in [0.4, 0.5) is 0 Å². The normalized spacial score (nSPS) is 28.5. The summed E-state index contributed by atoms with van der Waals surface area (Å²) < 4.78 is 44.2. The Hall–Kier alpha value is -10.0. The predicted molar refractivity (Wildman–Crippen MR) is 438 cm³/mol. The van der Waals surface area contributed by atoms with Gasteiger partial charge in [-0.25, -0.2) is 19.9 Å². The summed E-state index contributed by atoms with van der Waals surface area (Å²) in [4.78, 5) is 18.0. The van der Waals surface area contributed by atoms with Gasteiger partial charge in [0.25, 0.3) is 0 Å². The van der Waals surface area contributed by atoms with Gasteiger partial charge in [0.1, 0.15) is 144 Å². The molecule has 2 aliphatic heterocycles. The molecule has 10 heterocycles. The van der Waals surface area contributed by atoms with Crippen molar-refractivity contribution in [1.29, 1.82) is 0 Å². The van der Waals surface area contributed by atoms with Gasteiger partial charge in [0.15, 0.2) is 0 Å². The Morgan fingerprint density at radius 1 is 0.397 bits per heavy atom. The lowest BCUT2D eigenvalue weighted by Crippen LogP contribution is -2.36. The molecular weight excluding hydrogens is 1470 g/mol. The van der Waals surface area contributed by atoms with Gasteiger partial charge in [0, 0.05) is 150 Å². The second-order valence-electron chi connectivity index (χ2n) is 32.5. The fourth-order valence-corrected chi connectivity index (χ4v) is 18.8. The smallest absolute Gasteiger partial charge is 0.140 e. The van der Waals surface area contributed by atoms with Crippen molar-refractivity contribution in [2.75, 3.05) is 19.8 Å². The van der Waals surface area contributed by atoms with Crippen molar-refractivity contribution in [2.24, 2.45) is 17.2 Å². The molecule has 116 heavy (non-hydrogen) atoms. The van der Waals surface area contributed by atoms with Gasteiger partial charge in [0.05, 0.1) is 24.2 Å². The predicted octanol–water partition coefficient (Wildman–Crippen LogP) is 9.25. The number of aliphatic hydroxyl groups excluding tert-OH is 8. The van der Waals surface area contributed by atoms with Gasteiger partial charge in [-0.2, -0.15) is 0 Å². The molecule has 20 rings (SSSR count). The Morgan fingerprint density at radius 3 is 1.11 bits per heavy atom. The number of fused-ring (bicyclic) bond motifs is 8. The number of nitrogens with zero attached hydrogens (tertiary/aromatic N) is 8. The minimum atomic E-state index is -1.00. The number of rotatable bonds is 12. The van der Waals surface area contributed by atoms with Gasteiger partial charge in [-0.15, -0.1) is 0 Å². The van der Waals surface area contributed by atoms with Crippen LogP contribution in [0.2, 0.25) is 0 Å². The Labute approximate surface area is 672 Å². The van der Waals surface area contributed by atoms with E-state index in [0.29, 0.717) is 63.4 Å². The fraction of sp³-hybridized carbons (Fsp3) is 0.422. The fourth-order valence-electron chi connectivity index (χ4n) is 18.8. The molecule has 8 aliphatic rings. The highest BCUT2D eigenvalue weighted by atomic mass is 16.5. The van der Waals surface area contributed by atoms with Crippen LogP contribution in [0.15, 0.2) is 171 Å². The van der Waals surface area contributed by atoms with Gasteiger partial charge in [-0.1, -0.05) is 36.4 Å². The van der Waals surface area contributed by atoms with E-state index in [1.165, 1.54) is 11.1 Å². The van der Waals surface area contributed by atoms with Gasteiger partial charge < -0.3 is 110 Å². The lowest BCUT2D eigenvalue weighted by atomic mass is 9.87. The molecule has 4 saturated carbocycles. The minimum absolute atomic E-state index is 0.0465. The van der Waals surface area contributed by atoms with Crippen molar-refractivity contribution >= 4 is 44.1 Å². The summed E-state index contributed by atoms with van der Waals surface area (Å²) in [6.07, 6.45) is 13.7. The van der Waals surface area contributed by atoms with Gasteiger partial charge >= 0.3 is 0 Å². The molecule has 8 aromatic heterocycles. The molecule has 6 aliphatic carbocycles. The van der Waals surface area contributed by atoms with Crippen LogP contribution in [0.3, 0.4) is 0 Å². The average molecular weight is 1580 g/mol. The van der Waals surface area contributed by atoms with Crippen molar-refractivity contribution in [3.8, 4) is 34.5 Å². The quantitative estimate of drug-likeness (QED) is 0.0542. The SMILES string of the molecule is Cc1ccnc2c1ccn2C1CC(Oc2cccc3c2C(N)CCC3)C(O)C1O.Cc1ccnc2c1ccn2C1CC(Oc2cccc3c2C(N)CCC3)C(O)C1O.Cc1ccnc2c1ccn2C1CC(Oc2cccc3c2CC(N)CO3)C(O)C1O.Cc1ccnc2c1ccn2C1CC(Oc2cccc3c2CNCCO3)C(O)C1O. The third-order valence-electron chi connectivity index (χ3n) is 25.2. The van der Waals surface area contributed by atoms with Crippen LogP contribution in [0.1, 0.15) is 143 Å². The first-order chi connectivity index (χ1) is 56.2. The van der Waals surface area contributed by atoms with Gasteiger partial charge in [0.2, 0.25) is 0 Å². The third-order valence-corrected chi connectivity index (χ3v) is 25.2. The topological polar surface area (TPSA) is 379 Å². The molecule has 0 spiro atoms. The first-order valence-electron chi connectivity index (χ1n) is 40.7. The molecule has 19 unspecified atom stereocenters. The summed E-state index contributed by atoms with van der Waals surface area (Å²) in [6.45, 7) is 10.7. The lowest BCUT2D eigenvalue weighted by molar-refractivity contribution is -0.0167. The highest BCUT2D eigenvalue weighted by molar-refractivity contribution is 5.82. The van der Waals surface area contributed by atoms with Crippen LogP contribution in [0.5, 0.6) is 34.5 Å². The summed E-state index contributed by atoms with van der Waals surface area (Å²) >= 11 is 0. The van der Waals surface area contributed by atoms with E-state index in [1.807, 2.05) is 180 Å². The first kappa shape index (κ1) is 78.5. The number of benzene rings is 4. The largest absolute Gasteiger partial charge is 0.492 e. The molecule has 0 bridgehead atoms. The zero-order valence-corrected chi connectivity index (χ0v) is 65.6. The molecule has 19 atom stereocenters. The van der Waals surface area contributed by atoms with Gasteiger partial charge in [-0.05, 0) is 191 Å². The van der Waals surface area contributed by atoms with E-state index in [1.54, 1.807) is 24.8 Å². The highest BCUT2D eigenvalue weighted by Gasteiger charge is 2.49. The highest BCUT2D eigenvalue weighted by Crippen LogP contribution is 2.46. The standard InChI is InChI=1S/2C23H27N3O3.2C22H25N3O4/c2*1-13-8-10-25-23-15(13)9-11-26(23)17-12-19(22(28)21(17)27)29-18-7-3-5-14-4-2-6-16(24)20(14)18;1-13-5-7-24-22-14(13)6-9-25(22)16-11-19(21(27)20(16)26)29-18-4-2-3-17-15(18)12-23-8-10-28-17;1-12-5-7-24-22-14(12)6-8-25(22)16-10-19(21(27)20(16)26)29-18-4-2-3-17-15(18)9-13(23)11-28-17/h2*3,5,7-11,16-17,19,21-22,27-28H,2,4,6,12,24H2,1H3;2-7,9,16,19-21,23,26-27H,8,10-12H2,1H3;2-8,13,16,19-21,26-27H,9-11,23H2,1H3. The number of nitrogens with two attached hydrogens (primary N) is 3. The maximum Gasteiger partial charge on any atom is 0.140 e. The molecule has 26 heteroatoms. The van der Waals surface area contributed by atoms with Crippen LogP contribution < -0.4 is 50.9 Å². The number of hydrogen-bond acceptors (Lipinski definition) is 22. The van der Waals surface area contributed by atoms with Crippen LogP contribution in [0, 0.1) is 27.7 Å². The Balaban J connectivity index is 0.000000111. The van der Waals surface area contributed by atoms with Crippen LogP contribution >= 0.6 is 0 Å². The summed E-state index contributed by atoms with van der Waals surface area (Å²) in [5.41, 5.74) is 33.0. The van der Waals surface area contributed by atoms with E-state index in [2.05, 4.69) is 37.4 Å².